The van der Waals surface area contributed by atoms with E-state index in [2.05, 4.69) is 5.32 Å². The first-order valence-corrected chi connectivity index (χ1v) is 9.03. The highest BCUT2D eigenvalue weighted by atomic mass is 19.1. The molecule has 0 atom stereocenters. The topological polar surface area (TPSA) is 67.9 Å². The van der Waals surface area contributed by atoms with Gasteiger partial charge in [-0.1, -0.05) is 6.07 Å². The van der Waals surface area contributed by atoms with Crippen LogP contribution < -0.4 is 19.7 Å². The summed E-state index contributed by atoms with van der Waals surface area (Å²) < 4.78 is 24.2. The minimum Gasteiger partial charge on any atom is -0.493 e. The highest BCUT2D eigenvalue weighted by molar-refractivity contribution is 6.01. The van der Waals surface area contributed by atoms with Crippen LogP contribution in [-0.2, 0) is 16.0 Å². The number of amides is 2. The second-order valence-electron chi connectivity index (χ2n) is 6.70. The lowest BCUT2D eigenvalue weighted by molar-refractivity contribution is -0.117. The first-order chi connectivity index (χ1) is 13.4. The minimum atomic E-state index is -0.482. The van der Waals surface area contributed by atoms with E-state index in [1.54, 1.807) is 23.1 Å². The van der Waals surface area contributed by atoms with Crippen LogP contribution in [-0.4, -0.2) is 32.1 Å². The number of carbonyl (C=O) groups excluding carboxylic acids is 2. The Morgan fingerprint density at radius 3 is 2.43 bits per heavy atom. The van der Waals surface area contributed by atoms with Gasteiger partial charge in [-0.15, -0.1) is 0 Å². The standard InChI is InChI=1S/C21H23FN2O4/c1-13(25)24(16-6-7-16)18-8-5-15(22)12-17(18)23-21(26)11-14-4-9-19(27-2)20(10-14)28-3/h4-5,8-10,12,16H,6-7,11H2,1-3H3,(H,23,26). The van der Waals surface area contributed by atoms with Gasteiger partial charge in [-0.2, -0.15) is 0 Å². The molecule has 1 aliphatic rings. The van der Waals surface area contributed by atoms with Crippen molar-refractivity contribution < 1.29 is 23.5 Å². The van der Waals surface area contributed by atoms with Gasteiger partial charge in [0.2, 0.25) is 11.8 Å². The molecule has 6 nitrogen and oxygen atoms in total. The molecule has 0 unspecified atom stereocenters. The van der Waals surface area contributed by atoms with Gasteiger partial charge in [-0.25, -0.2) is 4.39 Å². The summed E-state index contributed by atoms with van der Waals surface area (Å²) in [5.41, 5.74) is 1.52. The lowest BCUT2D eigenvalue weighted by Crippen LogP contribution is -2.32. The van der Waals surface area contributed by atoms with Crippen LogP contribution in [0, 0.1) is 5.82 Å². The maximum atomic E-state index is 13.8. The summed E-state index contributed by atoms with van der Waals surface area (Å²) in [6.45, 7) is 1.47. The molecule has 1 saturated carbocycles. The first-order valence-electron chi connectivity index (χ1n) is 9.03. The number of methoxy groups -OCH3 is 2. The van der Waals surface area contributed by atoms with Gasteiger partial charge in [-0.05, 0) is 48.7 Å². The van der Waals surface area contributed by atoms with E-state index in [1.807, 2.05) is 0 Å². The van der Waals surface area contributed by atoms with Gasteiger partial charge in [-0.3, -0.25) is 9.59 Å². The Labute approximate surface area is 163 Å². The van der Waals surface area contributed by atoms with E-state index in [1.165, 1.54) is 39.3 Å². The smallest absolute Gasteiger partial charge is 0.228 e. The van der Waals surface area contributed by atoms with Crippen LogP contribution in [0.15, 0.2) is 36.4 Å². The van der Waals surface area contributed by atoms with Gasteiger partial charge in [0.1, 0.15) is 5.82 Å². The van der Waals surface area contributed by atoms with E-state index in [-0.39, 0.29) is 30.0 Å². The average molecular weight is 386 g/mol. The van der Waals surface area contributed by atoms with Crippen LogP contribution in [0.1, 0.15) is 25.3 Å². The Kier molecular flexibility index (Phi) is 5.82. The van der Waals surface area contributed by atoms with Gasteiger partial charge >= 0.3 is 0 Å². The van der Waals surface area contributed by atoms with Crippen molar-refractivity contribution in [2.45, 2.75) is 32.2 Å². The third kappa shape index (κ3) is 4.42. The summed E-state index contributed by atoms with van der Waals surface area (Å²) in [6, 6.07) is 9.36. The predicted octanol–water partition coefficient (Wildman–Crippen LogP) is 3.54. The van der Waals surface area contributed by atoms with E-state index in [4.69, 9.17) is 9.47 Å². The maximum absolute atomic E-state index is 13.8. The van der Waals surface area contributed by atoms with Gasteiger partial charge in [0.25, 0.3) is 0 Å². The maximum Gasteiger partial charge on any atom is 0.228 e. The van der Waals surface area contributed by atoms with E-state index in [9.17, 15) is 14.0 Å². The highest BCUT2D eigenvalue weighted by Crippen LogP contribution is 2.36. The fourth-order valence-corrected chi connectivity index (χ4v) is 3.15. The molecule has 28 heavy (non-hydrogen) atoms. The van der Waals surface area contributed by atoms with E-state index in [0.717, 1.165) is 18.4 Å². The number of carbonyl (C=O) groups is 2. The van der Waals surface area contributed by atoms with Crippen LogP contribution in [0.5, 0.6) is 11.5 Å². The Morgan fingerprint density at radius 1 is 1.11 bits per heavy atom. The molecule has 1 N–H and O–H groups in total. The molecular formula is C21H23FN2O4. The number of anilines is 2. The van der Waals surface area contributed by atoms with Gasteiger partial charge in [0, 0.05) is 13.0 Å². The molecule has 2 aromatic carbocycles. The lowest BCUT2D eigenvalue weighted by Gasteiger charge is -2.24. The Balaban J connectivity index is 1.80. The number of hydrogen-bond acceptors (Lipinski definition) is 4. The quantitative estimate of drug-likeness (QED) is 0.790. The molecule has 1 aliphatic carbocycles. The number of nitrogens with zero attached hydrogens (tertiary/aromatic N) is 1. The zero-order chi connectivity index (χ0) is 20.3. The van der Waals surface area contributed by atoms with Crippen molar-refractivity contribution in [1.82, 2.24) is 0 Å². The molecule has 1 fully saturated rings. The highest BCUT2D eigenvalue weighted by Gasteiger charge is 2.33. The number of halogens is 1. The van der Waals surface area contributed by atoms with Crippen molar-refractivity contribution in [3.05, 3.63) is 47.8 Å². The summed E-state index contributed by atoms with van der Waals surface area (Å²) in [5, 5.41) is 2.74. The summed E-state index contributed by atoms with van der Waals surface area (Å²) in [6.07, 6.45) is 1.87. The lowest BCUT2D eigenvalue weighted by atomic mass is 10.1. The summed E-state index contributed by atoms with van der Waals surface area (Å²) >= 11 is 0. The van der Waals surface area contributed by atoms with Crippen LogP contribution in [0.25, 0.3) is 0 Å². The van der Waals surface area contributed by atoms with Crippen molar-refractivity contribution >= 4 is 23.2 Å². The first kappa shape index (κ1) is 19.7. The van der Waals surface area contributed by atoms with Crippen molar-refractivity contribution in [3.63, 3.8) is 0 Å². The van der Waals surface area contributed by atoms with E-state index in [0.29, 0.717) is 17.2 Å². The number of hydrogen-bond donors (Lipinski definition) is 1. The zero-order valence-corrected chi connectivity index (χ0v) is 16.1. The van der Waals surface area contributed by atoms with Crippen LogP contribution in [0.3, 0.4) is 0 Å². The van der Waals surface area contributed by atoms with Crippen molar-refractivity contribution in [2.75, 3.05) is 24.4 Å². The second kappa shape index (κ2) is 8.29. The number of benzene rings is 2. The minimum absolute atomic E-state index is 0.0693. The molecule has 2 aromatic rings. The Hall–Kier alpha value is -3.09. The molecule has 2 amide bonds. The van der Waals surface area contributed by atoms with E-state index >= 15 is 0 Å². The van der Waals surface area contributed by atoms with Gasteiger partial charge < -0.3 is 19.7 Å². The fraction of sp³-hybridized carbons (Fsp3) is 0.333. The molecule has 0 aliphatic heterocycles. The molecule has 3 rings (SSSR count). The molecule has 0 bridgehead atoms. The molecular weight excluding hydrogens is 363 g/mol. The average Bonchev–Trinajstić information content (AvgIpc) is 3.48. The normalized spacial score (nSPS) is 13.0. The van der Waals surface area contributed by atoms with Crippen molar-refractivity contribution in [3.8, 4) is 11.5 Å². The number of ether oxygens (including phenoxy) is 2. The predicted molar refractivity (Wildman–Crippen MR) is 104 cm³/mol. The molecule has 148 valence electrons. The van der Waals surface area contributed by atoms with Crippen molar-refractivity contribution in [2.24, 2.45) is 0 Å². The summed E-state index contributed by atoms with van der Waals surface area (Å²) in [7, 11) is 3.06. The molecule has 0 radical (unpaired) electrons. The zero-order valence-electron chi connectivity index (χ0n) is 16.1. The molecule has 0 saturated heterocycles. The molecule has 0 spiro atoms. The summed E-state index contributed by atoms with van der Waals surface area (Å²) in [5.74, 6) is 0.156. The summed E-state index contributed by atoms with van der Waals surface area (Å²) in [4.78, 5) is 26.2. The van der Waals surface area contributed by atoms with Gasteiger partial charge in [0.05, 0.1) is 32.0 Å². The van der Waals surface area contributed by atoms with Crippen LogP contribution in [0.4, 0.5) is 15.8 Å². The number of rotatable bonds is 7. The molecule has 0 aromatic heterocycles. The monoisotopic (exact) mass is 386 g/mol. The molecule has 0 heterocycles. The third-order valence-corrected chi connectivity index (χ3v) is 4.56. The van der Waals surface area contributed by atoms with Gasteiger partial charge in [0.15, 0.2) is 11.5 Å². The second-order valence-corrected chi connectivity index (χ2v) is 6.70. The van der Waals surface area contributed by atoms with Crippen LogP contribution in [0.2, 0.25) is 0 Å². The SMILES string of the molecule is COc1ccc(CC(=O)Nc2cc(F)ccc2N(C(C)=O)C2CC2)cc1OC. The largest absolute Gasteiger partial charge is 0.493 e. The Bertz CT molecular complexity index is 896. The third-order valence-electron chi connectivity index (χ3n) is 4.56. The Morgan fingerprint density at radius 2 is 1.82 bits per heavy atom. The number of nitrogens with one attached hydrogen (secondary N) is 1. The van der Waals surface area contributed by atoms with Crippen molar-refractivity contribution in [1.29, 1.82) is 0 Å². The fourth-order valence-electron chi connectivity index (χ4n) is 3.15. The molecule has 7 heteroatoms. The van der Waals surface area contributed by atoms with Crippen LogP contribution >= 0.6 is 0 Å². The van der Waals surface area contributed by atoms with E-state index < -0.39 is 5.82 Å².